The molecule has 15 heavy (non-hydrogen) atoms. The van der Waals surface area contributed by atoms with Crippen LogP contribution in [0.25, 0.3) is 0 Å². The largest absolute Gasteiger partial charge is 0.392 e. The van der Waals surface area contributed by atoms with Gasteiger partial charge in [0.1, 0.15) is 11.6 Å². The molecule has 0 fully saturated rings. The van der Waals surface area contributed by atoms with Crippen LogP contribution in [-0.2, 0) is 16.6 Å². The number of halogens is 2. The summed E-state index contributed by atoms with van der Waals surface area (Å²) >= 11 is 0. The van der Waals surface area contributed by atoms with Crippen LogP contribution in [0.5, 0.6) is 0 Å². The van der Waals surface area contributed by atoms with Gasteiger partial charge in [0, 0.05) is 0 Å². The van der Waals surface area contributed by atoms with Gasteiger partial charge in [0.15, 0.2) is 0 Å². The van der Waals surface area contributed by atoms with Crippen molar-refractivity contribution in [2.75, 3.05) is 5.75 Å². The molecule has 0 heterocycles. The molecular weight excluding hydrogens is 226 g/mol. The first-order chi connectivity index (χ1) is 6.87. The monoisotopic (exact) mass is 236 g/mol. The van der Waals surface area contributed by atoms with E-state index >= 15 is 0 Å². The summed E-state index contributed by atoms with van der Waals surface area (Å²) in [4.78, 5) is 0. The third-order valence-electron chi connectivity index (χ3n) is 1.75. The normalized spacial score (nSPS) is 13.8. The maximum atomic E-state index is 12.7. The summed E-state index contributed by atoms with van der Waals surface area (Å²) in [6.45, 7) is 0. The minimum absolute atomic E-state index is 0.0963. The fourth-order valence-corrected chi connectivity index (χ4v) is 1.80. The molecule has 0 spiro atoms. The number of rotatable bonds is 4. The van der Waals surface area contributed by atoms with Crippen molar-refractivity contribution in [3.63, 3.8) is 0 Å². The average Bonchev–Trinajstić information content (AvgIpc) is 1.99. The quantitative estimate of drug-likeness (QED) is 0.794. The van der Waals surface area contributed by atoms with Crippen LogP contribution < -0.4 is 0 Å². The Morgan fingerprint density at radius 3 is 2.60 bits per heavy atom. The zero-order chi connectivity index (χ0) is 11.5. The minimum atomic E-state index is -4.70. The third-order valence-corrected chi connectivity index (χ3v) is 2.53. The lowest BCUT2D eigenvalue weighted by molar-refractivity contribution is 0.196. The van der Waals surface area contributed by atoms with Gasteiger partial charge < -0.3 is 5.11 Å². The number of hydrogen-bond donors (Lipinski definition) is 1. The maximum absolute atomic E-state index is 12.7. The van der Waals surface area contributed by atoms with Crippen molar-refractivity contribution in [3.05, 3.63) is 35.6 Å². The Hall–Kier alpha value is -1.01. The smallest absolute Gasteiger partial charge is 0.304 e. The summed E-state index contributed by atoms with van der Waals surface area (Å²) in [5, 5.41) is 9.19. The Balaban J connectivity index is 2.63. The topological polar surface area (TPSA) is 54.4 Å². The van der Waals surface area contributed by atoms with Gasteiger partial charge in [-0.05, 0) is 24.1 Å². The van der Waals surface area contributed by atoms with Crippen LogP contribution >= 0.6 is 0 Å². The highest BCUT2D eigenvalue weighted by Gasteiger charge is 2.16. The number of hydrogen-bond acceptors (Lipinski definition) is 3. The summed E-state index contributed by atoms with van der Waals surface area (Å²) < 4.78 is 45.2. The second kappa shape index (κ2) is 4.67. The van der Waals surface area contributed by atoms with E-state index in [0.29, 0.717) is 5.56 Å². The van der Waals surface area contributed by atoms with Crippen LogP contribution in [0.1, 0.15) is 5.56 Å². The van der Waals surface area contributed by atoms with E-state index < -0.39 is 27.9 Å². The van der Waals surface area contributed by atoms with Crippen LogP contribution in [-0.4, -0.2) is 25.4 Å². The maximum Gasteiger partial charge on any atom is 0.304 e. The molecule has 0 saturated carbocycles. The van der Waals surface area contributed by atoms with E-state index in [1.54, 1.807) is 0 Å². The number of aliphatic hydroxyl groups is 1. The van der Waals surface area contributed by atoms with Gasteiger partial charge in [0.2, 0.25) is 0 Å². The van der Waals surface area contributed by atoms with Crippen LogP contribution in [0.15, 0.2) is 24.3 Å². The van der Waals surface area contributed by atoms with E-state index in [2.05, 4.69) is 0 Å². The first kappa shape index (κ1) is 12.1. The van der Waals surface area contributed by atoms with Crippen molar-refractivity contribution >= 4 is 10.2 Å². The molecule has 1 aromatic rings. The molecule has 0 aromatic heterocycles. The summed E-state index contributed by atoms with van der Waals surface area (Å²) in [7, 11) is -4.70. The van der Waals surface area contributed by atoms with Crippen molar-refractivity contribution < 1.29 is 21.8 Å². The van der Waals surface area contributed by atoms with Crippen LogP contribution in [0, 0.1) is 5.82 Å². The van der Waals surface area contributed by atoms with Gasteiger partial charge in [-0.25, -0.2) is 4.39 Å². The molecule has 0 aliphatic carbocycles. The van der Waals surface area contributed by atoms with Gasteiger partial charge in [-0.2, -0.15) is 8.42 Å². The van der Waals surface area contributed by atoms with Gasteiger partial charge >= 0.3 is 10.2 Å². The Bertz CT molecular complexity index is 431. The fraction of sp³-hybridized carbons (Fsp3) is 0.333. The van der Waals surface area contributed by atoms with Crippen molar-refractivity contribution in [2.45, 2.75) is 12.5 Å². The summed E-state index contributed by atoms with van der Waals surface area (Å²) in [6.07, 6.45) is -1.46. The lowest BCUT2D eigenvalue weighted by atomic mass is 10.1. The van der Waals surface area contributed by atoms with Gasteiger partial charge in [-0.15, -0.1) is 3.89 Å². The molecule has 0 amide bonds. The van der Waals surface area contributed by atoms with Gasteiger partial charge in [0.25, 0.3) is 0 Å². The minimum Gasteiger partial charge on any atom is -0.392 e. The van der Waals surface area contributed by atoms with E-state index in [-0.39, 0.29) is 6.42 Å². The SMILES string of the molecule is O=S(=O)(F)CC(O)Cc1cccc(F)c1. The van der Waals surface area contributed by atoms with E-state index in [0.717, 1.165) is 6.07 Å². The molecule has 0 radical (unpaired) electrons. The highest BCUT2D eigenvalue weighted by Crippen LogP contribution is 2.08. The first-order valence-corrected chi connectivity index (χ1v) is 5.77. The second-order valence-corrected chi connectivity index (χ2v) is 4.60. The molecule has 6 heteroatoms. The Labute approximate surface area is 86.6 Å². The Morgan fingerprint density at radius 2 is 2.07 bits per heavy atom. The highest BCUT2D eigenvalue weighted by molar-refractivity contribution is 7.86. The standard InChI is InChI=1S/C9H10F2O3S/c10-8-3-1-2-7(4-8)5-9(12)6-15(11,13)14/h1-4,9,12H,5-6H2. The van der Waals surface area contributed by atoms with E-state index in [1.165, 1.54) is 18.2 Å². The molecule has 1 unspecified atom stereocenters. The molecule has 1 aromatic carbocycles. The van der Waals surface area contributed by atoms with Gasteiger partial charge in [-0.1, -0.05) is 12.1 Å². The zero-order valence-electron chi connectivity index (χ0n) is 7.73. The average molecular weight is 236 g/mol. The molecule has 84 valence electrons. The first-order valence-electron chi connectivity index (χ1n) is 4.21. The van der Waals surface area contributed by atoms with E-state index in [1.807, 2.05) is 0 Å². The van der Waals surface area contributed by atoms with Crippen LogP contribution in [0.2, 0.25) is 0 Å². The number of benzene rings is 1. The van der Waals surface area contributed by atoms with Crippen molar-refractivity contribution in [3.8, 4) is 0 Å². The zero-order valence-corrected chi connectivity index (χ0v) is 8.55. The fourth-order valence-electron chi connectivity index (χ4n) is 1.22. The van der Waals surface area contributed by atoms with Crippen molar-refractivity contribution in [1.82, 2.24) is 0 Å². The van der Waals surface area contributed by atoms with E-state index in [9.17, 15) is 21.8 Å². The lowest BCUT2D eigenvalue weighted by Crippen LogP contribution is -2.20. The molecule has 0 aliphatic heterocycles. The Kier molecular flexibility index (Phi) is 3.76. The Morgan fingerprint density at radius 1 is 1.40 bits per heavy atom. The molecule has 0 aliphatic rings. The van der Waals surface area contributed by atoms with Crippen LogP contribution in [0.4, 0.5) is 8.28 Å². The lowest BCUT2D eigenvalue weighted by Gasteiger charge is -2.07. The summed E-state index contributed by atoms with van der Waals surface area (Å²) in [5.41, 5.74) is 0.422. The molecule has 0 saturated heterocycles. The molecule has 0 bridgehead atoms. The molecular formula is C9H10F2O3S. The van der Waals surface area contributed by atoms with E-state index in [4.69, 9.17) is 0 Å². The van der Waals surface area contributed by atoms with Crippen molar-refractivity contribution in [1.29, 1.82) is 0 Å². The highest BCUT2D eigenvalue weighted by atomic mass is 32.3. The van der Waals surface area contributed by atoms with Gasteiger partial charge in [0.05, 0.1) is 6.10 Å². The third kappa shape index (κ3) is 4.85. The summed E-state index contributed by atoms with van der Waals surface area (Å²) in [5.74, 6) is -1.45. The predicted molar refractivity (Wildman–Crippen MR) is 51.0 cm³/mol. The second-order valence-electron chi connectivity index (χ2n) is 3.19. The summed E-state index contributed by atoms with van der Waals surface area (Å²) in [6, 6.07) is 5.34. The number of aliphatic hydroxyl groups excluding tert-OH is 1. The van der Waals surface area contributed by atoms with Crippen LogP contribution in [0.3, 0.4) is 0 Å². The predicted octanol–water partition coefficient (Wildman–Crippen LogP) is 1.03. The molecule has 1 N–H and O–H groups in total. The molecule has 1 atom stereocenters. The van der Waals surface area contributed by atoms with Crippen molar-refractivity contribution in [2.24, 2.45) is 0 Å². The molecule has 3 nitrogen and oxygen atoms in total. The molecule has 1 rings (SSSR count). The van der Waals surface area contributed by atoms with Gasteiger partial charge in [-0.3, -0.25) is 0 Å².